The molecule has 1 aromatic rings. The Morgan fingerprint density at radius 2 is 1.67 bits per heavy atom. The molecule has 1 heteroatoms. The number of phenols is 1. The fourth-order valence-electron chi connectivity index (χ4n) is 2.40. The molecule has 0 bridgehead atoms. The minimum absolute atomic E-state index is 0. The average Bonchev–Trinajstić information content (AvgIpc) is 2.20. The minimum atomic E-state index is 0. The molecule has 2 rings (SSSR count). The normalized spacial score (nSPS) is 25.7. The van der Waals surface area contributed by atoms with E-state index in [1.54, 1.807) is 6.07 Å². The van der Waals surface area contributed by atoms with Gasteiger partial charge in [-0.15, -0.1) is 0 Å². The van der Waals surface area contributed by atoms with Crippen LogP contribution in [0.25, 0.3) is 0 Å². The molecule has 0 aliphatic heterocycles. The fraction of sp³-hybridized carbons (Fsp3) is 0.571. The summed E-state index contributed by atoms with van der Waals surface area (Å²) in [7, 11) is 0. The van der Waals surface area contributed by atoms with Gasteiger partial charge in [0.15, 0.2) is 0 Å². The van der Waals surface area contributed by atoms with Crippen molar-refractivity contribution in [3.8, 4) is 5.75 Å². The molecule has 15 heavy (non-hydrogen) atoms. The highest BCUT2D eigenvalue weighted by atomic mass is 16.3. The second-order valence-electron chi connectivity index (χ2n) is 4.52. The number of hydrogen-bond donors (Lipinski definition) is 1. The zero-order chi connectivity index (χ0) is 9.97. The van der Waals surface area contributed by atoms with Gasteiger partial charge in [0.25, 0.3) is 0 Å². The van der Waals surface area contributed by atoms with Crippen LogP contribution in [0.4, 0.5) is 0 Å². The maximum absolute atomic E-state index is 9.73. The Morgan fingerprint density at radius 1 is 1.07 bits per heavy atom. The predicted octanol–water partition coefficient (Wildman–Crippen LogP) is 4.32. The van der Waals surface area contributed by atoms with Gasteiger partial charge in [-0.1, -0.05) is 45.4 Å². The van der Waals surface area contributed by atoms with E-state index in [0.717, 1.165) is 11.5 Å². The zero-order valence-corrected chi connectivity index (χ0v) is 8.74. The molecule has 0 spiro atoms. The number of aromatic hydroxyl groups is 1. The molecule has 1 N–H and O–H groups in total. The first-order valence-electron chi connectivity index (χ1n) is 5.55. The van der Waals surface area contributed by atoms with Crippen LogP contribution < -0.4 is 0 Å². The summed E-state index contributed by atoms with van der Waals surface area (Å²) >= 11 is 0. The first-order valence-corrected chi connectivity index (χ1v) is 5.55. The Labute approximate surface area is 93.1 Å². The number of hydrogen-bond acceptors (Lipinski definition) is 1. The van der Waals surface area contributed by atoms with Crippen LogP contribution in [0.3, 0.4) is 0 Å². The molecule has 1 aliphatic carbocycles. The van der Waals surface area contributed by atoms with Crippen molar-refractivity contribution in [1.29, 1.82) is 0 Å². The molecule has 0 radical (unpaired) electrons. The summed E-state index contributed by atoms with van der Waals surface area (Å²) < 4.78 is 0. The van der Waals surface area contributed by atoms with Gasteiger partial charge in [0.2, 0.25) is 0 Å². The van der Waals surface area contributed by atoms with Crippen LogP contribution in [-0.4, -0.2) is 5.11 Å². The highest BCUT2D eigenvalue weighted by molar-refractivity contribution is 5.35. The van der Waals surface area contributed by atoms with Crippen LogP contribution in [-0.2, 0) is 0 Å². The molecule has 0 unspecified atom stereocenters. The number of benzene rings is 1. The van der Waals surface area contributed by atoms with Crippen LogP contribution in [0.2, 0.25) is 0 Å². The number of para-hydroxylation sites is 1. The van der Waals surface area contributed by atoms with Crippen LogP contribution in [0.15, 0.2) is 24.3 Å². The molecular weight excluding hydrogens is 184 g/mol. The molecule has 1 fully saturated rings. The first-order chi connectivity index (χ1) is 6.77. The fourth-order valence-corrected chi connectivity index (χ4v) is 2.40. The summed E-state index contributed by atoms with van der Waals surface area (Å²) in [5, 5.41) is 9.73. The van der Waals surface area contributed by atoms with Gasteiger partial charge in [-0.25, -0.2) is 0 Å². The standard InChI is InChI=1S/C13H18O.CH4/c1-10-6-8-11(9-7-10)12-4-2-3-5-13(12)14;/h2-5,10-11,14H,6-9H2,1H3;1H4. The van der Waals surface area contributed by atoms with E-state index in [4.69, 9.17) is 0 Å². The molecule has 1 nitrogen and oxygen atoms in total. The van der Waals surface area contributed by atoms with Crippen LogP contribution in [0, 0.1) is 5.92 Å². The molecule has 1 aliphatic rings. The monoisotopic (exact) mass is 206 g/mol. The summed E-state index contributed by atoms with van der Waals surface area (Å²) in [6.07, 6.45) is 5.08. The summed E-state index contributed by atoms with van der Waals surface area (Å²) in [4.78, 5) is 0. The Morgan fingerprint density at radius 3 is 2.27 bits per heavy atom. The summed E-state index contributed by atoms with van der Waals surface area (Å²) in [6, 6.07) is 7.78. The van der Waals surface area contributed by atoms with Crippen LogP contribution >= 0.6 is 0 Å². The maximum Gasteiger partial charge on any atom is 0.119 e. The highest BCUT2D eigenvalue weighted by Crippen LogP contribution is 2.38. The van der Waals surface area contributed by atoms with Crippen molar-refractivity contribution in [3.05, 3.63) is 29.8 Å². The lowest BCUT2D eigenvalue weighted by atomic mass is 9.79. The van der Waals surface area contributed by atoms with Gasteiger partial charge in [-0.05, 0) is 36.3 Å². The smallest absolute Gasteiger partial charge is 0.119 e. The molecule has 84 valence electrons. The Balaban J connectivity index is 0.00000112. The largest absolute Gasteiger partial charge is 0.508 e. The Kier molecular flexibility index (Phi) is 4.19. The molecule has 0 atom stereocenters. The zero-order valence-electron chi connectivity index (χ0n) is 8.74. The Bertz CT molecular complexity index is 298. The van der Waals surface area contributed by atoms with E-state index in [0.29, 0.717) is 11.7 Å². The molecular formula is C14H22O. The lowest BCUT2D eigenvalue weighted by Gasteiger charge is -2.26. The Hall–Kier alpha value is -0.980. The molecule has 0 amide bonds. The molecule has 1 saturated carbocycles. The van der Waals surface area contributed by atoms with E-state index in [2.05, 4.69) is 13.0 Å². The topological polar surface area (TPSA) is 20.2 Å². The van der Waals surface area contributed by atoms with Gasteiger partial charge in [0, 0.05) is 0 Å². The van der Waals surface area contributed by atoms with Crippen LogP contribution in [0.5, 0.6) is 5.75 Å². The van der Waals surface area contributed by atoms with Gasteiger partial charge in [0.1, 0.15) is 5.75 Å². The number of phenolic OH excluding ortho intramolecular Hbond substituents is 1. The second kappa shape index (κ2) is 5.20. The summed E-state index contributed by atoms with van der Waals surface area (Å²) in [5.74, 6) is 1.94. The van der Waals surface area contributed by atoms with Gasteiger partial charge >= 0.3 is 0 Å². The van der Waals surface area contributed by atoms with Crippen molar-refractivity contribution in [2.75, 3.05) is 0 Å². The molecule has 0 heterocycles. The van der Waals surface area contributed by atoms with Gasteiger partial charge in [-0.2, -0.15) is 0 Å². The van der Waals surface area contributed by atoms with Gasteiger partial charge < -0.3 is 5.11 Å². The lowest BCUT2D eigenvalue weighted by Crippen LogP contribution is -2.10. The van der Waals surface area contributed by atoms with Gasteiger partial charge in [0.05, 0.1) is 0 Å². The van der Waals surface area contributed by atoms with E-state index in [-0.39, 0.29) is 7.43 Å². The second-order valence-corrected chi connectivity index (χ2v) is 4.52. The molecule has 0 aromatic heterocycles. The minimum Gasteiger partial charge on any atom is -0.508 e. The van der Waals surface area contributed by atoms with Crippen molar-refractivity contribution >= 4 is 0 Å². The molecule has 0 saturated heterocycles. The average molecular weight is 206 g/mol. The van der Waals surface area contributed by atoms with Crippen LogP contribution in [0.1, 0.15) is 51.5 Å². The third kappa shape index (κ3) is 2.74. The third-order valence-electron chi connectivity index (χ3n) is 3.39. The van der Waals surface area contributed by atoms with Crippen molar-refractivity contribution < 1.29 is 5.11 Å². The first kappa shape index (κ1) is 12.1. The van der Waals surface area contributed by atoms with Crippen molar-refractivity contribution in [2.45, 2.75) is 46.0 Å². The van der Waals surface area contributed by atoms with E-state index in [9.17, 15) is 5.11 Å². The third-order valence-corrected chi connectivity index (χ3v) is 3.39. The summed E-state index contributed by atoms with van der Waals surface area (Å²) in [6.45, 7) is 2.32. The summed E-state index contributed by atoms with van der Waals surface area (Å²) in [5.41, 5.74) is 1.15. The highest BCUT2D eigenvalue weighted by Gasteiger charge is 2.21. The van der Waals surface area contributed by atoms with Crippen molar-refractivity contribution in [3.63, 3.8) is 0 Å². The number of rotatable bonds is 1. The van der Waals surface area contributed by atoms with E-state index >= 15 is 0 Å². The van der Waals surface area contributed by atoms with Crippen molar-refractivity contribution in [2.24, 2.45) is 5.92 Å². The van der Waals surface area contributed by atoms with Gasteiger partial charge in [-0.3, -0.25) is 0 Å². The van der Waals surface area contributed by atoms with Crippen molar-refractivity contribution in [1.82, 2.24) is 0 Å². The predicted molar refractivity (Wildman–Crippen MR) is 65.2 cm³/mol. The van der Waals surface area contributed by atoms with E-state index in [1.807, 2.05) is 12.1 Å². The SMILES string of the molecule is C.CC1CCC(c2ccccc2O)CC1. The molecule has 1 aromatic carbocycles. The lowest BCUT2D eigenvalue weighted by molar-refractivity contribution is 0.340. The van der Waals surface area contributed by atoms with E-state index < -0.39 is 0 Å². The maximum atomic E-state index is 9.73. The quantitative estimate of drug-likeness (QED) is 0.725. The van der Waals surface area contributed by atoms with E-state index in [1.165, 1.54) is 25.7 Å².